The number of ether oxygens (including phenoxy) is 2. The van der Waals surface area contributed by atoms with Crippen LogP contribution in [0.25, 0.3) is 11.1 Å². The number of fused-ring (bicyclic) bond motifs is 5. The molecular weight excluding hydrogens is 464 g/mol. The molecular formula is C27H26N2O5S. The summed E-state index contributed by atoms with van der Waals surface area (Å²) in [5.41, 5.74) is 4.82. The van der Waals surface area contributed by atoms with Gasteiger partial charge in [-0.2, -0.15) is 0 Å². The molecule has 1 amide bonds. The quantitative estimate of drug-likeness (QED) is 0.580. The molecule has 1 heterocycles. The van der Waals surface area contributed by atoms with Crippen molar-refractivity contribution in [3.63, 3.8) is 0 Å². The summed E-state index contributed by atoms with van der Waals surface area (Å²) in [7, 11) is -3.73. The number of nitrogens with two attached hydrogens (primary N) is 1. The van der Waals surface area contributed by atoms with Gasteiger partial charge in [0.1, 0.15) is 18.5 Å². The van der Waals surface area contributed by atoms with E-state index in [-0.39, 0.29) is 35.0 Å². The lowest BCUT2D eigenvalue weighted by molar-refractivity contribution is 0.0624. The largest absolute Gasteiger partial charge is 0.490 e. The Morgan fingerprint density at radius 3 is 2.11 bits per heavy atom. The Labute approximate surface area is 204 Å². The van der Waals surface area contributed by atoms with Gasteiger partial charge in [-0.25, -0.2) is 18.4 Å². The van der Waals surface area contributed by atoms with Crippen molar-refractivity contribution in [2.24, 2.45) is 11.1 Å². The first kappa shape index (κ1) is 22.1. The molecule has 8 heteroatoms. The van der Waals surface area contributed by atoms with E-state index in [9.17, 15) is 13.2 Å². The Hall–Kier alpha value is -3.36. The zero-order chi connectivity index (χ0) is 24.2. The molecule has 6 rings (SSSR count). The van der Waals surface area contributed by atoms with Crippen LogP contribution in [0, 0.1) is 5.92 Å². The molecule has 3 aliphatic rings. The monoisotopic (exact) mass is 490 g/mol. The normalized spacial score (nSPS) is 22.7. The van der Waals surface area contributed by atoms with E-state index in [1.165, 1.54) is 34.4 Å². The van der Waals surface area contributed by atoms with E-state index in [0.29, 0.717) is 18.9 Å². The average Bonchev–Trinajstić information content (AvgIpc) is 3.54. The van der Waals surface area contributed by atoms with E-state index in [4.69, 9.17) is 14.6 Å². The van der Waals surface area contributed by atoms with Crippen LogP contribution in [-0.2, 0) is 14.8 Å². The third-order valence-corrected chi connectivity index (χ3v) is 8.42. The van der Waals surface area contributed by atoms with Crippen molar-refractivity contribution in [1.82, 2.24) is 4.90 Å². The molecule has 1 aliphatic heterocycles. The van der Waals surface area contributed by atoms with Crippen molar-refractivity contribution in [3.8, 4) is 16.9 Å². The molecule has 3 aromatic carbocycles. The highest BCUT2D eigenvalue weighted by Crippen LogP contribution is 2.45. The topological polar surface area (TPSA) is 98.9 Å². The fraction of sp³-hybridized carbons (Fsp3) is 0.296. The molecule has 35 heavy (non-hydrogen) atoms. The second kappa shape index (κ2) is 8.39. The molecule has 0 spiro atoms. The number of hydrogen-bond acceptors (Lipinski definition) is 5. The molecule has 0 aromatic heterocycles. The van der Waals surface area contributed by atoms with Gasteiger partial charge in [-0.15, -0.1) is 0 Å². The molecule has 1 saturated heterocycles. The van der Waals surface area contributed by atoms with E-state index in [0.717, 1.165) is 12.8 Å². The van der Waals surface area contributed by atoms with E-state index >= 15 is 0 Å². The minimum Gasteiger partial charge on any atom is -0.490 e. The second-order valence-electron chi connectivity index (χ2n) is 9.51. The van der Waals surface area contributed by atoms with Gasteiger partial charge in [0, 0.05) is 30.8 Å². The number of sulfonamides is 1. The maximum absolute atomic E-state index is 13.0. The lowest BCUT2D eigenvalue weighted by Gasteiger charge is -2.31. The first-order valence-electron chi connectivity index (χ1n) is 11.8. The van der Waals surface area contributed by atoms with Crippen LogP contribution in [0.5, 0.6) is 5.75 Å². The van der Waals surface area contributed by atoms with E-state index in [1.807, 2.05) is 29.2 Å². The maximum atomic E-state index is 13.0. The number of carbonyl (C=O) groups is 1. The summed E-state index contributed by atoms with van der Waals surface area (Å²) >= 11 is 0. The highest BCUT2D eigenvalue weighted by atomic mass is 32.2. The van der Waals surface area contributed by atoms with E-state index < -0.39 is 10.0 Å². The highest BCUT2D eigenvalue weighted by Gasteiger charge is 2.48. The molecule has 0 radical (unpaired) electrons. The summed E-state index contributed by atoms with van der Waals surface area (Å²) in [5, 5.41) is 5.16. The standard InChI is InChI=1S/C27H26N2O5S/c28-35(31,32)20-11-9-19(10-12-20)34-26-14-18-13-17(26)15-29(18)27(30)33-16-25-23-7-3-1-5-21(23)22-6-2-4-8-24(22)25/h1-12,17-18,25-26H,13-16H2,(H2,28,31,32)/t17-,18-,26-/m1/s1. The number of benzene rings is 3. The summed E-state index contributed by atoms with van der Waals surface area (Å²) in [6, 6.07) is 22.8. The summed E-state index contributed by atoms with van der Waals surface area (Å²) in [6.45, 7) is 0.915. The van der Waals surface area contributed by atoms with Crippen LogP contribution in [0.4, 0.5) is 4.79 Å². The Balaban J connectivity index is 1.08. The first-order chi connectivity index (χ1) is 16.9. The Morgan fingerprint density at radius 2 is 1.54 bits per heavy atom. The van der Waals surface area contributed by atoms with Crippen LogP contribution in [0.3, 0.4) is 0 Å². The van der Waals surface area contributed by atoms with Crippen LogP contribution in [0.2, 0.25) is 0 Å². The number of carbonyl (C=O) groups excluding carboxylic acids is 1. The Morgan fingerprint density at radius 1 is 0.914 bits per heavy atom. The molecule has 2 bridgehead atoms. The summed E-state index contributed by atoms with van der Waals surface area (Å²) in [5.74, 6) is 0.864. The van der Waals surface area contributed by atoms with Crippen LogP contribution in [0.15, 0.2) is 77.7 Å². The molecule has 2 N–H and O–H groups in total. The van der Waals surface area contributed by atoms with Gasteiger partial charge in [0.15, 0.2) is 0 Å². The second-order valence-corrected chi connectivity index (χ2v) is 11.1. The Bertz CT molecular complexity index is 1340. The van der Waals surface area contributed by atoms with Gasteiger partial charge < -0.3 is 14.4 Å². The zero-order valence-electron chi connectivity index (χ0n) is 19.0. The number of nitrogens with zero attached hydrogens (tertiary/aromatic N) is 1. The lowest BCUT2D eigenvalue weighted by Crippen LogP contribution is -2.43. The lowest BCUT2D eigenvalue weighted by atomic mass is 9.98. The number of primary sulfonamides is 1. The maximum Gasteiger partial charge on any atom is 0.410 e. The number of rotatable bonds is 5. The predicted octanol–water partition coefficient (Wildman–Crippen LogP) is 4.12. The van der Waals surface area contributed by atoms with Crippen LogP contribution in [0.1, 0.15) is 29.9 Å². The third kappa shape index (κ3) is 3.96. The van der Waals surface area contributed by atoms with Crippen molar-refractivity contribution in [1.29, 1.82) is 0 Å². The van der Waals surface area contributed by atoms with Crippen molar-refractivity contribution in [3.05, 3.63) is 83.9 Å². The van der Waals surface area contributed by atoms with E-state index in [1.54, 1.807) is 12.1 Å². The Kier molecular flexibility index (Phi) is 5.30. The van der Waals surface area contributed by atoms with Crippen LogP contribution < -0.4 is 9.88 Å². The fourth-order valence-electron chi connectivity index (χ4n) is 5.83. The van der Waals surface area contributed by atoms with Gasteiger partial charge in [-0.05, 0) is 52.9 Å². The van der Waals surface area contributed by atoms with Gasteiger partial charge in [-0.3, -0.25) is 0 Å². The predicted molar refractivity (Wildman–Crippen MR) is 131 cm³/mol. The molecule has 3 aromatic rings. The number of piperidine rings is 1. The van der Waals surface area contributed by atoms with Crippen molar-refractivity contribution in [2.45, 2.75) is 35.8 Å². The van der Waals surface area contributed by atoms with Gasteiger partial charge in [0.2, 0.25) is 10.0 Å². The highest BCUT2D eigenvalue weighted by molar-refractivity contribution is 7.89. The number of hydrogen-bond donors (Lipinski definition) is 1. The smallest absolute Gasteiger partial charge is 0.410 e. The molecule has 0 unspecified atom stereocenters. The molecule has 2 aliphatic carbocycles. The SMILES string of the molecule is NS(=O)(=O)c1ccc(O[C@@H]2C[C@H]3C[C@@H]2CN3C(=O)OCC2c3ccccc3-c3ccccc32)cc1. The molecule has 2 fully saturated rings. The average molecular weight is 491 g/mol. The van der Waals surface area contributed by atoms with Crippen molar-refractivity contribution < 1.29 is 22.7 Å². The molecule has 1 saturated carbocycles. The van der Waals surface area contributed by atoms with Crippen molar-refractivity contribution in [2.75, 3.05) is 13.2 Å². The minimum absolute atomic E-state index is 0.0158. The minimum atomic E-state index is -3.73. The van der Waals surface area contributed by atoms with Gasteiger partial charge in [-0.1, -0.05) is 48.5 Å². The number of amides is 1. The van der Waals surface area contributed by atoms with Crippen LogP contribution >= 0.6 is 0 Å². The first-order valence-corrected chi connectivity index (χ1v) is 13.3. The third-order valence-electron chi connectivity index (χ3n) is 7.49. The van der Waals surface area contributed by atoms with Gasteiger partial charge in [0.25, 0.3) is 0 Å². The molecule has 7 nitrogen and oxygen atoms in total. The number of likely N-dealkylation sites (tertiary alicyclic amines) is 1. The molecule has 3 atom stereocenters. The summed E-state index contributed by atoms with van der Waals surface area (Å²) in [6.07, 6.45) is 1.32. The van der Waals surface area contributed by atoms with Gasteiger partial charge >= 0.3 is 6.09 Å². The summed E-state index contributed by atoms with van der Waals surface area (Å²) < 4.78 is 34.8. The van der Waals surface area contributed by atoms with Gasteiger partial charge in [0.05, 0.1) is 4.90 Å². The van der Waals surface area contributed by atoms with Crippen LogP contribution in [-0.4, -0.2) is 44.7 Å². The van der Waals surface area contributed by atoms with Crippen molar-refractivity contribution >= 4 is 16.1 Å². The fourth-order valence-corrected chi connectivity index (χ4v) is 6.35. The zero-order valence-corrected chi connectivity index (χ0v) is 19.9. The molecule has 180 valence electrons. The summed E-state index contributed by atoms with van der Waals surface area (Å²) in [4.78, 5) is 14.9. The van der Waals surface area contributed by atoms with E-state index in [2.05, 4.69) is 24.3 Å².